The molecule has 2 aliphatic heterocycles. The van der Waals surface area contributed by atoms with E-state index in [0.717, 1.165) is 13.0 Å². The van der Waals surface area contributed by atoms with Crippen molar-refractivity contribution in [2.24, 2.45) is 5.73 Å². The second kappa shape index (κ2) is 10.0. The van der Waals surface area contributed by atoms with Crippen LogP contribution >= 0.6 is 24.8 Å². The fourth-order valence-corrected chi connectivity index (χ4v) is 3.31. The fourth-order valence-electron chi connectivity index (χ4n) is 3.31. The molecule has 138 valence electrons. The smallest absolute Gasteiger partial charge is 0.242 e. The van der Waals surface area contributed by atoms with E-state index in [1.54, 1.807) is 6.92 Å². The minimum Gasteiger partial charge on any atom is -0.392 e. The van der Waals surface area contributed by atoms with Crippen molar-refractivity contribution in [3.8, 4) is 0 Å². The van der Waals surface area contributed by atoms with Gasteiger partial charge in [-0.3, -0.25) is 9.69 Å². The zero-order valence-corrected chi connectivity index (χ0v) is 15.7. The molecular formula is C15H31Cl2N3O3. The summed E-state index contributed by atoms with van der Waals surface area (Å²) in [6, 6.07) is 0.306. The monoisotopic (exact) mass is 371 g/mol. The van der Waals surface area contributed by atoms with Gasteiger partial charge in [0.1, 0.15) is 0 Å². The summed E-state index contributed by atoms with van der Waals surface area (Å²) >= 11 is 0. The largest absolute Gasteiger partial charge is 0.392 e. The molecule has 2 unspecified atom stereocenters. The van der Waals surface area contributed by atoms with E-state index in [2.05, 4.69) is 11.8 Å². The van der Waals surface area contributed by atoms with Gasteiger partial charge in [0.2, 0.25) is 5.91 Å². The number of amides is 1. The first-order valence-electron chi connectivity index (χ1n) is 8.04. The minimum atomic E-state index is -0.747. The maximum Gasteiger partial charge on any atom is 0.242 e. The molecule has 8 heteroatoms. The normalized spacial score (nSPS) is 25.9. The van der Waals surface area contributed by atoms with Crippen LogP contribution in [-0.2, 0) is 9.53 Å². The molecule has 0 aromatic heterocycles. The number of nitrogens with two attached hydrogens (primary N) is 1. The zero-order valence-electron chi connectivity index (χ0n) is 14.1. The summed E-state index contributed by atoms with van der Waals surface area (Å²) < 4.78 is 5.32. The van der Waals surface area contributed by atoms with E-state index in [1.807, 2.05) is 4.90 Å². The quantitative estimate of drug-likeness (QED) is 0.757. The van der Waals surface area contributed by atoms with Crippen molar-refractivity contribution in [1.82, 2.24) is 9.80 Å². The van der Waals surface area contributed by atoms with E-state index in [9.17, 15) is 9.90 Å². The Kier molecular flexibility index (Phi) is 9.96. The van der Waals surface area contributed by atoms with Gasteiger partial charge in [0, 0.05) is 45.4 Å². The summed E-state index contributed by atoms with van der Waals surface area (Å²) in [4.78, 5) is 16.9. The molecule has 2 saturated heterocycles. The lowest BCUT2D eigenvalue weighted by Gasteiger charge is -2.45. The van der Waals surface area contributed by atoms with Gasteiger partial charge in [-0.15, -0.1) is 24.8 Å². The van der Waals surface area contributed by atoms with Crippen molar-refractivity contribution < 1.29 is 14.6 Å². The van der Waals surface area contributed by atoms with Crippen LogP contribution in [-0.4, -0.2) is 77.9 Å². The van der Waals surface area contributed by atoms with Crippen LogP contribution in [0.15, 0.2) is 0 Å². The van der Waals surface area contributed by atoms with Gasteiger partial charge in [0.05, 0.1) is 11.6 Å². The third-order valence-corrected chi connectivity index (χ3v) is 4.67. The predicted molar refractivity (Wildman–Crippen MR) is 95.4 cm³/mol. The molecule has 2 atom stereocenters. The third-order valence-electron chi connectivity index (χ3n) is 4.67. The first-order chi connectivity index (χ1) is 9.96. The lowest BCUT2D eigenvalue weighted by atomic mass is 9.89. The summed E-state index contributed by atoms with van der Waals surface area (Å²) in [5, 5.41) is 9.58. The highest BCUT2D eigenvalue weighted by atomic mass is 35.5. The van der Waals surface area contributed by atoms with Crippen LogP contribution in [0.5, 0.6) is 0 Å². The van der Waals surface area contributed by atoms with Gasteiger partial charge >= 0.3 is 0 Å². The minimum absolute atomic E-state index is 0. The molecule has 0 radical (unpaired) electrons. The van der Waals surface area contributed by atoms with Crippen LogP contribution in [0, 0.1) is 0 Å². The SMILES string of the molecule is CCC1CN(C(=O)C2(N)CCOCC2)CCN1CC(C)O.Cl.Cl. The van der Waals surface area contributed by atoms with E-state index in [-0.39, 0.29) is 36.8 Å². The van der Waals surface area contributed by atoms with Crippen molar-refractivity contribution in [2.75, 3.05) is 39.4 Å². The average Bonchev–Trinajstić information content (AvgIpc) is 2.47. The Labute approximate surface area is 151 Å². The zero-order chi connectivity index (χ0) is 15.5. The molecule has 23 heavy (non-hydrogen) atoms. The van der Waals surface area contributed by atoms with Crippen LogP contribution in [0.1, 0.15) is 33.1 Å². The number of aliphatic hydroxyl groups is 1. The number of ether oxygens (including phenoxy) is 1. The summed E-state index contributed by atoms with van der Waals surface area (Å²) in [6.45, 7) is 7.96. The lowest BCUT2D eigenvalue weighted by Crippen LogP contribution is -2.63. The summed E-state index contributed by atoms with van der Waals surface area (Å²) in [5.74, 6) is 0.0703. The van der Waals surface area contributed by atoms with Crippen LogP contribution in [0.4, 0.5) is 0 Å². The number of hydrogen-bond donors (Lipinski definition) is 2. The first kappa shape index (κ1) is 22.9. The summed E-state index contributed by atoms with van der Waals surface area (Å²) in [5.41, 5.74) is 5.56. The molecule has 2 aliphatic rings. The van der Waals surface area contributed by atoms with E-state index < -0.39 is 5.54 Å². The molecule has 0 aliphatic carbocycles. The van der Waals surface area contributed by atoms with Crippen molar-refractivity contribution in [3.05, 3.63) is 0 Å². The maximum absolute atomic E-state index is 12.7. The Bertz CT molecular complexity index is 366. The predicted octanol–water partition coefficient (Wildman–Crippen LogP) is 0.641. The van der Waals surface area contributed by atoms with Gasteiger partial charge < -0.3 is 20.5 Å². The Morgan fingerprint density at radius 3 is 2.48 bits per heavy atom. The molecule has 3 N–H and O–H groups in total. The summed E-state index contributed by atoms with van der Waals surface area (Å²) in [6.07, 6.45) is 1.85. The number of rotatable bonds is 4. The molecule has 2 rings (SSSR count). The molecule has 0 saturated carbocycles. The standard InChI is InChI=1S/C15H29N3O3.2ClH/c1-3-13-11-18(7-6-17(13)10-12(2)19)14(20)15(16)4-8-21-9-5-15;;/h12-13,19H,3-11,16H2,1-2H3;2*1H. The Hall–Kier alpha value is -0.110. The second-order valence-corrected chi connectivity index (χ2v) is 6.43. The Balaban J connectivity index is 0.00000242. The second-order valence-electron chi connectivity index (χ2n) is 6.43. The molecule has 0 bridgehead atoms. The molecule has 6 nitrogen and oxygen atoms in total. The molecule has 1 amide bonds. The van der Waals surface area contributed by atoms with Crippen molar-refractivity contribution in [2.45, 2.75) is 50.8 Å². The van der Waals surface area contributed by atoms with Gasteiger partial charge in [-0.1, -0.05) is 6.92 Å². The number of hydrogen-bond acceptors (Lipinski definition) is 5. The van der Waals surface area contributed by atoms with Gasteiger partial charge in [-0.05, 0) is 26.2 Å². The number of carbonyl (C=O) groups is 1. The third kappa shape index (κ3) is 5.73. The van der Waals surface area contributed by atoms with Crippen molar-refractivity contribution in [3.63, 3.8) is 0 Å². The van der Waals surface area contributed by atoms with Gasteiger partial charge in [0.25, 0.3) is 0 Å². The molecule has 0 spiro atoms. The maximum atomic E-state index is 12.7. The number of carbonyl (C=O) groups excluding carboxylic acids is 1. The van der Waals surface area contributed by atoms with Gasteiger partial charge in [-0.25, -0.2) is 0 Å². The number of piperazine rings is 1. The molecule has 2 fully saturated rings. The Morgan fingerprint density at radius 1 is 1.35 bits per heavy atom. The van der Waals surface area contributed by atoms with Crippen LogP contribution in [0.3, 0.4) is 0 Å². The lowest BCUT2D eigenvalue weighted by molar-refractivity contribution is -0.144. The first-order valence-corrected chi connectivity index (χ1v) is 8.04. The van der Waals surface area contributed by atoms with E-state index >= 15 is 0 Å². The van der Waals surface area contributed by atoms with Crippen molar-refractivity contribution in [1.29, 1.82) is 0 Å². The van der Waals surface area contributed by atoms with E-state index in [0.29, 0.717) is 51.7 Å². The average molecular weight is 372 g/mol. The highest BCUT2D eigenvalue weighted by Crippen LogP contribution is 2.23. The highest BCUT2D eigenvalue weighted by molar-refractivity contribution is 5.86. The summed E-state index contributed by atoms with van der Waals surface area (Å²) in [7, 11) is 0. The van der Waals surface area contributed by atoms with Crippen molar-refractivity contribution >= 4 is 30.7 Å². The van der Waals surface area contributed by atoms with E-state index in [1.165, 1.54) is 0 Å². The fraction of sp³-hybridized carbons (Fsp3) is 0.933. The van der Waals surface area contributed by atoms with Crippen LogP contribution in [0.25, 0.3) is 0 Å². The topological polar surface area (TPSA) is 79.0 Å². The molecular weight excluding hydrogens is 341 g/mol. The number of halogens is 2. The molecule has 0 aromatic rings. The number of β-amino-alcohol motifs (C(OH)–C–C–N with tert-alkyl or cyclic N) is 1. The molecule has 0 aromatic carbocycles. The molecule has 2 heterocycles. The van der Waals surface area contributed by atoms with Crippen LogP contribution in [0.2, 0.25) is 0 Å². The van der Waals surface area contributed by atoms with Gasteiger partial charge in [-0.2, -0.15) is 0 Å². The van der Waals surface area contributed by atoms with Crippen LogP contribution < -0.4 is 5.73 Å². The highest BCUT2D eigenvalue weighted by Gasteiger charge is 2.41. The Morgan fingerprint density at radius 2 is 1.96 bits per heavy atom. The number of nitrogens with zero attached hydrogens (tertiary/aromatic N) is 2. The number of aliphatic hydroxyl groups excluding tert-OH is 1. The van der Waals surface area contributed by atoms with E-state index in [4.69, 9.17) is 10.5 Å². The van der Waals surface area contributed by atoms with Gasteiger partial charge in [0.15, 0.2) is 0 Å².